The van der Waals surface area contributed by atoms with Crippen LogP contribution in [0, 0.1) is 19.7 Å². The average molecular weight is 378 g/mol. The number of carbonyl (C=O) groups excluding carboxylic acids is 1. The summed E-state index contributed by atoms with van der Waals surface area (Å²) in [5.41, 5.74) is 2.96. The van der Waals surface area contributed by atoms with E-state index in [1.807, 2.05) is 32.0 Å². The summed E-state index contributed by atoms with van der Waals surface area (Å²) in [5, 5.41) is 2.69. The van der Waals surface area contributed by atoms with E-state index in [1.54, 1.807) is 12.1 Å². The molecule has 0 spiro atoms. The normalized spacial score (nSPS) is 11.2. The van der Waals surface area contributed by atoms with Gasteiger partial charge in [0.25, 0.3) is 0 Å². The van der Waals surface area contributed by atoms with E-state index >= 15 is 0 Å². The lowest BCUT2D eigenvalue weighted by Crippen LogP contribution is -2.39. The number of hydrogen-bond acceptors (Lipinski definition) is 3. The molecule has 1 amide bonds. The van der Waals surface area contributed by atoms with Gasteiger partial charge >= 0.3 is 0 Å². The summed E-state index contributed by atoms with van der Waals surface area (Å²) < 4.78 is 38.8. The lowest BCUT2D eigenvalue weighted by Gasteiger charge is -2.24. The van der Waals surface area contributed by atoms with Gasteiger partial charge in [0.15, 0.2) is 0 Å². The van der Waals surface area contributed by atoms with E-state index in [1.165, 1.54) is 16.4 Å². The fourth-order valence-electron chi connectivity index (χ4n) is 2.64. The minimum absolute atomic E-state index is 0.0418. The van der Waals surface area contributed by atoms with Gasteiger partial charge in [0.2, 0.25) is 15.9 Å². The summed E-state index contributed by atoms with van der Waals surface area (Å²) in [4.78, 5) is 12.0. The third kappa shape index (κ3) is 5.56. The first-order valence-corrected chi connectivity index (χ1v) is 10.1. The third-order valence-electron chi connectivity index (χ3n) is 3.92. The summed E-state index contributed by atoms with van der Waals surface area (Å²) in [7, 11) is -3.49. The molecule has 0 radical (unpaired) electrons. The van der Waals surface area contributed by atoms with Crippen LogP contribution in [0.15, 0.2) is 42.5 Å². The molecule has 0 heterocycles. The first-order chi connectivity index (χ1) is 12.2. The Morgan fingerprint density at radius 3 is 2.54 bits per heavy atom. The van der Waals surface area contributed by atoms with Gasteiger partial charge in [0.1, 0.15) is 5.82 Å². The van der Waals surface area contributed by atoms with Crippen LogP contribution in [-0.4, -0.2) is 33.7 Å². The number of hydrogen-bond donors (Lipinski definition) is 1. The number of anilines is 1. The van der Waals surface area contributed by atoms with Crippen LogP contribution in [0.3, 0.4) is 0 Å². The molecule has 140 valence electrons. The number of benzene rings is 2. The van der Waals surface area contributed by atoms with Crippen molar-refractivity contribution in [3.8, 4) is 0 Å². The smallest absolute Gasteiger partial charge is 0.232 e. The summed E-state index contributed by atoms with van der Waals surface area (Å²) in [6.45, 7) is 4.02. The Morgan fingerprint density at radius 1 is 1.15 bits per heavy atom. The maximum absolute atomic E-state index is 13.2. The molecule has 0 unspecified atom stereocenters. The number of aryl methyl sites for hydroxylation is 2. The molecule has 2 rings (SSSR count). The highest BCUT2D eigenvalue weighted by Crippen LogP contribution is 2.23. The van der Waals surface area contributed by atoms with Crippen molar-refractivity contribution in [3.63, 3.8) is 0 Å². The number of sulfonamides is 1. The van der Waals surface area contributed by atoms with E-state index in [0.717, 1.165) is 17.4 Å². The van der Waals surface area contributed by atoms with E-state index in [9.17, 15) is 17.6 Å². The van der Waals surface area contributed by atoms with Crippen molar-refractivity contribution in [2.75, 3.05) is 23.7 Å². The van der Waals surface area contributed by atoms with E-state index in [2.05, 4.69) is 5.32 Å². The van der Waals surface area contributed by atoms with Gasteiger partial charge in [-0.1, -0.05) is 24.3 Å². The first-order valence-electron chi connectivity index (χ1n) is 8.23. The molecule has 5 nitrogen and oxygen atoms in total. The van der Waals surface area contributed by atoms with Crippen LogP contribution in [-0.2, 0) is 21.2 Å². The summed E-state index contributed by atoms with van der Waals surface area (Å²) >= 11 is 0. The van der Waals surface area contributed by atoms with E-state index in [4.69, 9.17) is 0 Å². The summed E-state index contributed by atoms with van der Waals surface area (Å²) in [5.74, 6) is -0.682. The van der Waals surface area contributed by atoms with Crippen LogP contribution >= 0.6 is 0 Å². The highest BCUT2D eigenvalue weighted by molar-refractivity contribution is 7.92. The average Bonchev–Trinajstić information content (AvgIpc) is 2.53. The molecule has 0 fully saturated rings. The van der Waals surface area contributed by atoms with Crippen molar-refractivity contribution in [1.29, 1.82) is 0 Å². The van der Waals surface area contributed by atoms with Gasteiger partial charge in [-0.2, -0.15) is 0 Å². The minimum atomic E-state index is -3.49. The molecular weight excluding hydrogens is 355 g/mol. The van der Waals surface area contributed by atoms with Crippen LogP contribution in [0.1, 0.15) is 16.7 Å². The van der Waals surface area contributed by atoms with Gasteiger partial charge in [-0.15, -0.1) is 0 Å². The first kappa shape index (κ1) is 19.9. The predicted octanol–water partition coefficient (Wildman–Crippen LogP) is 2.57. The number of carbonyl (C=O) groups is 1. The quantitative estimate of drug-likeness (QED) is 0.805. The Kier molecular flexibility index (Phi) is 6.37. The number of nitrogens with one attached hydrogen (secondary N) is 1. The molecule has 0 aliphatic rings. The molecular formula is C19H23FN2O3S. The molecule has 7 heteroatoms. The Hall–Kier alpha value is -2.41. The zero-order valence-corrected chi connectivity index (χ0v) is 15.9. The van der Waals surface area contributed by atoms with Gasteiger partial charge in [-0.3, -0.25) is 9.10 Å². The second-order valence-electron chi connectivity index (χ2n) is 6.28. The maximum Gasteiger partial charge on any atom is 0.232 e. The Balaban J connectivity index is 2.02. The monoisotopic (exact) mass is 378 g/mol. The van der Waals surface area contributed by atoms with Crippen molar-refractivity contribution >= 4 is 21.6 Å². The molecule has 0 aromatic heterocycles. The maximum atomic E-state index is 13.2. The van der Waals surface area contributed by atoms with Crippen molar-refractivity contribution < 1.29 is 17.6 Å². The number of nitrogens with zero attached hydrogens (tertiary/aromatic N) is 1. The van der Waals surface area contributed by atoms with Crippen LogP contribution in [0.2, 0.25) is 0 Å². The van der Waals surface area contributed by atoms with E-state index in [0.29, 0.717) is 11.3 Å². The number of halogens is 1. The van der Waals surface area contributed by atoms with Crippen LogP contribution in [0.5, 0.6) is 0 Å². The molecule has 2 aromatic rings. The summed E-state index contributed by atoms with van der Waals surface area (Å²) in [6.07, 6.45) is 1.18. The lowest BCUT2D eigenvalue weighted by molar-refractivity contribution is -0.120. The SMILES string of the molecule is Cc1ccc(C)c(N(CCNC(=O)Cc2cccc(F)c2)S(C)(=O)=O)c1. The van der Waals surface area contributed by atoms with Crippen LogP contribution in [0.25, 0.3) is 0 Å². The minimum Gasteiger partial charge on any atom is -0.354 e. The standard InChI is InChI=1S/C19H23FN2O3S/c1-14-7-8-15(2)18(11-14)22(26(3,24)25)10-9-21-19(23)13-16-5-4-6-17(20)12-16/h4-8,11-12H,9-10,13H2,1-3H3,(H,21,23). The van der Waals surface area contributed by atoms with Crippen LogP contribution in [0.4, 0.5) is 10.1 Å². The Labute approximate surface area is 153 Å². The van der Waals surface area contributed by atoms with Crippen molar-refractivity contribution in [2.24, 2.45) is 0 Å². The van der Waals surface area contributed by atoms with Gasteiger partial charge in [0.05, 0.1) is 24.9 Å². The Morgan fingerprint density at radius 2 is 1.88 bits per heavy atom. The molecule has 0 saturated carbocycles. The highest BCUT2D eigenvalue weighted by Gasteiger charge is 2.19. The molecule has 0 bridgehead atoms. The third-order valence-corrected chi connectivity index (χ3v) is 5.10. The lowest BCUT2D eigenvalue weighted by atomic mass is 10.1. The van der Waals surface area contributed by atoms with E-state index in [-0.39, 0.29) is 25.4 Å². The number of rotatable bonds is 7. The second kappa shape index (κ2) is 8.31. The van der Waals surface area contributed by atoms with Gasteiger partial charge < -0.3 is 5.32 Å². The molecule has 1 N–H and O–H groups in total. The van der Waals surface area contributed by atoms with Crippen molar-refractivity contribution in [2.45, 2.75) is 20.3 Å². The summed E-state index contributed by atoms with van der Waals surface area (Å²) in [6, 6.07) is 11.4. The van der Waals surface area contributed by atoms with Gasteiger partial charge in [0, 0.05) is 6.54 Å². The largest absolute Gasteiger partial charge is 0.354 e. The van der Waals surface area contributed by atoms with Crippen molar-refractivity contribution in [3.05, 3.63) is 65.0 Å². The molecule has 26 heavy (non-hydrogen) atoms. The fraction of sp³-hybridized carbons (Fsp3) is 0.316. The second-order valence-corrected chi connectivity index (χ2v) is 8.19. The highest BCUT2D eigenvalue weighted by atomic mass is 32.2. The molecule has 0 atom stereocenters. The molecule has 0 aliphatic carbocycles. The zero-order chi connectivity index (χ0) is 19.3. The van der Waals surface area contributed by atoms with Crippen LogP contribution < -0.4 is 9.62 Å². The molecule has 0 saturated heterocycles. The molecule has 0 aliphatic heterocycles. The Bertz CT molecular complexity index is 897. The zero-order valence-electron chi connectivity index (χ0n) is 15.1. The fourth-order valence-corrected chi connectivity index (χ4v) is 3.62. The van der Waals surface area contributed by atoms with Gasteiger partial charge in [-0.05, 0) is 48.7 Å². The predicted molar refractivity (Wildman–Crippen MR) is 101 cm³/mol. The topological polar surface area (TPSA) is 66.5 Å². The van der Waals surface area contributed by atoms with Crippen molar-refractivity contribution in [1.82, 2.24) is 5.32 Å². The molecule has 2 aromatic carbocycles. The van der Waals surface area contributed by atoms with E-state index < -0.39 is 15.8 Å². The number of amides is 1. The van der Waals surface area contributed by atoms with Gasteiger partial charge in [-0.25, -0.2) is 12.8 Å².